The first-order valence-electron chi connectivity index (χ1n) is 10.3. The highest BCUT2D eigenvalue weighted by atomic mass is 16.4. The van der Waals surface area contributed by atoms with Gasteiger partial charge in [-0.2, -0.15) is 4.98 Å². The summed E-state index contributed by atoms with van der Waals surface area (Å²) >= 11 is 0. The molecule has 1 N–H and O–H groups in total. The summed E-state index contributed by atoms with van der Waals surface area (Å²) in [6.45, 7) is 1.51. The van der Waals surface area contributed by atoms with E-state index in [0.717, 1.165) is 53.8 Å². The summed E-state index contributed by atoms with van der Waals surface area (Å²) < 4.78 is 5.88. The Morgan fingerprint density at radius 1 is 0.900 bits per heavy atom. The third kappa shape index (κ3) is 3.66. The van der Waals surface area contributed by atoms with E-state index in [4.69, 9.17) is 4.42 Å². The van der Waals surface area contributed by atoms with Crippen molar-refractivity contribution in [3.05, 3.63) is 78.9 Å². The van der Waals surface area contributed by atoms with E-state index in [1.165, 1.54) is 0 Å². The number of amides is 1. The third-order valence-electron chi connectivity index (χ3n) is 5.69. The monoisotopic (exact) mass is 397 g/mol. The molecule has 0 spiro atoms. The molecule has 0 aliphatic carbocycles. The van der Waals surface area contributed by atoms with Crippen LogP contribution in [0.3, 0.4) is 0 Å². The van der Waals surface area contributed by atoms with Crippen LogP contribution in [0.4, 0.5) is 11.7 Å². The number of fused-ring (bicyclic) bond motifs is 1. The van der Waals surface area contributed by atoms with E-state index >= 15 is 0 Å². The molecule has 1 fully saturated rings. The number of benzene rings is 3. The molecule has 150 valence electrons. The summed E-state index contributed by atoms with van der Waals surface area (Å²) in [5, 5.41) is 3.16. The minimum absolute atomic E-state index is 0.0190. The number of nitrogens with one attached hydrogen (secondary N) is 1. The zero-order chi connectivity index (χ0) is 20.3. The average Bonchev–Trinajstić information content (AvgIpc) is 3.24. The second-order valence-electron chi connectivity index (χ2n) is 7.63. The summed E-state index contributed by atoms with van der Waals surface area (Å²) in [5.74, 6) is 0.0602. The number of para-hydroxylation sites is 3. The molecule has 0 atom stereocenters. The lowest BCUT2D eigenvalue weighted by molar-refractivity contribution is -0.120. The number of anilines is 2. The van der Waals surface area contributed by atoms with Crippen molar-refractivity contribution in [2.24, 2.45) is 5.92 Å². The zero-order valence-electron chi connectivity index (χ0n) is 16.6. The topological polar surface area (TPSA) is 58.4 Å². The molecular formula is C25H23N3O2. The molecule has 3 aromatic carbocycles. The second-order valence-corrected chi connectivity index (χ2v) is 7.63. The predicted molar refractivity (Wildman–Crippen MR) is 119 cm³/mol. The van der Waals surface area contributed by atoms with E-state index in [1.54, 1.807) is 0 Å². The van der Waals surface area contributed by atoms with Gasteiger partial charge in [-0.1, -0.05) is 60.7 Å². The quantitative estimate of drug-likeness (QED) is 0.504. The summed E-state index contributed by atoms with van der Waals surface area (Å²) in [7, 11) is 0. The summed E-state index contributed by atoms with van der Waals surface area (Å²) in [5.41, 5.74) is 4.65. The molecule has 4 aromatic rings. The van der Waals surface area contributed by atoms with Crippen molar-refractivity contribution >= 4 is 28.7 Å². The zero-order valence-corrected chi connectivity index (χ0v) is 16.6. The number of oxazole rings is 1. The first-order chi connectivity index (χ1) is 14.8. The molecule has 1 aliphatic heterocycles. The van der Waals surface area contributed by atoms with Gasteiger partial charge in [-0.3, -0.25) is 4.79 Å². The maximum absolute atomic E-state index is 13.0. The van der Waals surface area contributed by atoms with Crippen LogP contribution in [-0.4, -0.2) is 24.0 Å². The van der Waals surface area contributed by atoms with Crippen LogP contribution >= 0.6 is 0 Å². The van der Waals surface area contributed by atoms with Gasteiger partial charge in [-0.15, -0.1) is 0 Å². The lowest BCUT2D eigenvalue weighted by Crippen LogP contribution is -2.38. The van der Waals surface area contributed by atoms with E-state index in [1.807, 2.05) is 66.7 Å². The van der Waals surface area contributed by atoms with Crippen molar-refractivity contribution in [2.75, 3.05) is 23.3 Å². The number of hydrogen-bond donors (Lipinski definition) is 1. The van der Waals surface area contributed by atoms with Crippen molar-refractivity contribution in [1.29, 1.82) is 0 Å². The number of rotatable bonds is 4. The average molecular weight is 397 g/mol. The highest BCUT2D eigenvalue weighted by Gasteiger charge is 2.27. The molecule has 5 rings (SSSR count). The van der Waals surface area contributed by atoms with Crippen LogP contribution in [0.2, 0.25) is 0 Å². The number of carbonyl (C=O) groups excluding carboxylic acids is 1. The van der Waals surface area contributed by atoms with Gasteiger partial charge in [0.1, 0.15) is 5.52 Å². The largest absolute Gasteiger partial charge is 0.423 e. The van der Waals surface area contributed by atoms with Gasteiger partial charge in [0.05, 0.1) is 0 Å². The first kappa shape index (κ1) is 18.4. The Hall–Kier alpha value is -3.60. The molecule has 1 amide bonds. The molecular weight excluding hydrogens is 374 g/mol. The molecule has 1 saturated heterocycles. The van der Waals surface area contributed by atoms with Gasteiger partial charge < -0.3 is 14.6 Å². The Bertz CT molecular complexity index is 1130. The number of piperidine rings is 1. The maximum Gasteiger partial charge on any atom is 0.298 e. The van der Waals surface area contributed by atoms with E-state index in [2.05, 4.69) is 27.3 Å². The number of carbonyl (C=O) groups is 1. The van der Waals surface area contributed by atoms with Gasteiger partial charge in [-0.05, 0) is 36.6 Å². The maximum atomic E-state index is 13.0. The molecule has 0 radical (unpaired) electrons. The normalized spacial score (nSPS) is 14.7. The Labute approximate surface area is 175 Å². The fourth-order valence-corrected chi connectivity index (χ4v) is 4.02. The second kappa shape index (κ2) is 8.03. The predicted octanol–water partition coefficient (Wildman–Crippen LogP) is 5.35. The molecule has 0 bridgehead atoms. The Kier molecular flexibility index (Phi) is 4.93. The van der Waals surface area contributed by atoms with E-state index in [0.29, 0.717) is 6.01 Å². The molecule has 30 heavy (non-hydrogen) atoms. The smallest absolute Gasteiger partial charge is 0.298 e. The first-order valence-corrected chi connectivity index (χ1v) is 10.3. The van der Waals surface area contributed by atoms with Crippen LogP contribution in [0.1, 0.15) is 12.8 Å². The molecule has 5 heteroatoms. The van der Waals surface area contributed by atoms with Gasteiger partial charge in [0.25, 0.3) is 6.01 Å². The highest BCUT2D eigenvalue weighted by molar-refractivity contribution is 5.96. The van der Waals surface area contributed by atoms with Crippen molar-refractivity contribution in [1.82, 2.24) is 4.98 Å². The number of nitrogens with zero attached hydrogens (tertiary/aromatic N) is 2. The summed E-state index contributed by atoms with van der Waals surface area (Å²) in [6.07, 6.45) is 1.55. The third-order valence-corrected chi connectivity index (χ3v) is 5.69. The summed E-state index contributed by atoms with van der Waals surface area (Å²) in [4.78, 5) is 19.7. The van der Waals surface area contributed by atoms with Gasteiger partial charge in [0.15, 0.2) is 5.58 Å². The highest BCUT2D eigenvalue weighted by Crippen LogP contribution is 2.30. The van der Waals surface area contributed by atoms with Crippen molar-refractivity contribution in [3.63, 3.8) is 0 Å². The molecule has 2 heterocycles. The van der Waals surface area contributed by atoms with Crippen LogP contribution in [-0.2, 0) is 4.79 Å². The molecule has 1 aromatic heterocycles. The lowest BCUT2D eigenvalue weighted by atomic mass is 9.95. The van der Waals surface area contributed by atoms with E-state index < -0.39 is 0 Å². The SMILES string of the molecule is O=C(Nc1ccccc1-c1ccccc1)C1CCN(c2nc3ccccc3o2)CC1. The number of aromatic nitrogens is 1. The fraction of sp³-hybridized carbons (Fsp3) is 0.200. The fourth-order valence-electron chi connectivity index (χ4n) is 4.02. The van der Waals surface area contributed by atoms with Gasteiger partial charge >= 0.3 is 0 Å². The van der Waals surface area contributed by atoms with E-state index in [9.17, 15) is 4.79 Å². The van der Waals surface area contributed by atoms with Crippen LogP contribution in [0.5, 0.6) is 0 Å². The molecule has 5 nitrogen and oxygen atoms in total. The van der Waals surface area contributed by atoms with Gasteiger partial charge in [0.2, 0.25) is 5.91 Å². The van der Waals surface area contributed by atoms with Crippen LogP contribution in [0.15, 0.2) is 83.3 Å². The standard InChI is InChI=1S/C25H23N3O2/c29-24(26-21-11-5-4-10-20(21)18-8-2-1-3-9-18)19-14-16-28(17-15-19)25-27-22-12-6-7-13-23(22)30-25/h1-13,19H,14-17H2,(H,26,29). The van der Waals surface area contributed by atoms with Crippen LogP contribution in [0.25, 0.3) is 22.2 Å². The molecule has 1 aliphatic rings. The van der Waals surface area contributed by atoms with Crippen molar-refractivity contribution in [2.45, 2.75) is 12.8 Å². The molecule has 0 unspecified atom stereocenters. The lowest BCUT2D eigenvalue weighted by Gasteiger charge is -2.30. The van der Waals surface area contributed by atoms with Gasteiger partial charge in [-0.25, -0.2) is 0 Å². The Morgan fingerprint density at radius 2 is 1.60 bits per heavy atom. The van der Waals surface area contributed by atoms with Crippen molar-refractivity contribution < 1.29 is 9.21 Å². The minimum atomic E-state index is -0.0190. The Balaban J connectivity index is 1.26. The molecule has 0 saturated carbocycles. The van der Waals surface area contributed by atoms with Gasteiger partial charge in [0, 0.05) is 30.3 Å². The summed E-state index contributed by atoms with van der Waals surface area (Å²) in [6, 6.07) is 26.5. The van der Waals surface area contributed by atoms with Crippen LogP contribution in [0, 0.1) is 5.92 Å². The minimum Gasteiger partial charge on any atom is -0.423 e. The number of hydrogen-bond acceptors (Lipinski definition) is 4. The van der Waals surface area contributed by atoms with Crippen LogP contribution < -0.4 is 10.2 Å². The van der Waals surface area contributed by atoms with Crippen molar-refractivity contribution in [3.8, 4) is 11.1 Å². The Morgan fingerprint density at radius 3 is 2.40 bits per heavy atom. The van der Waals surface area contributed by atoms with E-state index in [-0.39, 0.29) is 11.8 Å².